The van der Waals surface area contributed by atoms with E-state index < -0.39 is 0 Å². The van der Waals surface area contributed by atoms with Gasteiger partial charge in [0.1, 0.15) is 5.82 Å². The Morgan fingerprint density at radius 1 is 1.47 bits per heavy atom. The minimum absolute atomic E-state index is 0.0643. The minimum atomic E-state index is -0.282. The summed E-state index contributed by atoms with van der Waals surface area (Å²) in [5.41, 5.74) is 5.67. The number of carbonyl (C=O) groups is 1. The number of halogens is 1. The Bertz CT molecular complexity index is 621. The summed E-state index contributed by atoms with van der Waals surface area (Å²) in [5, 5.41) is 3.74. The molecule has 1 saturated carbocycles. The van der Waals surface area contributed by atoms with E-state index in [2.05, 4.69) is 5.32 Å². The van der Waals surface area contributed by atoms with Crippen LogP contribution in [0.5, 0.6) is 0 Å². The summed E-state index contributed by atoms with van der Waals surface area (Å²) in [6.45, 7) is 0.468. The Kier molecular flexibility index (Phi) is 3.24. The normalized spacial score (nSPS) is 16.5. The number of nitrogens with two attached hydrogens (primary N) is 1. The van der Waals surface area contributed by atoms with Gasteiger partial charge in [-0.1, -0.05) is 0 Å². The summed E-state index contributed by atoms with van der Waals surface area (Å²) in [6, 6.07) is 6.36. The lowest BCUT2D eigenvalue weighted by molar-refractivity contribution is 0.0937. The topological polar surface area (TPSA) is 55.1 Å². The number of nitrogens with one attached hydrogen (secondary N) is 1. The van der Waals surface area contributed by atoms with Crippen LogP contribution in [-0.4, -0.2) is 18.5 Å². The highest BCUT2D eigenvalue weighted by molar-refractivity contribution is 7.20. The maximum absolute atomic E-state index is 13.1. The third-order valence-electron chi connectivity index (χ3n) is 3.46. The van der Waals surface area contributed by atoms with Crippen LogP contribution >= 0.6 is 11.3 Å². The second kappa shape index (κ2) is 4.90. The monoisotopic (exact) mass is 278 g/mol. The van der Waals surface area contributed by atoms with E-state index in [0.717, 1.165) is 22.9 Å². The van der Waals surface area contributed by atoms with Crippen molar-refractivity contribution in [1.29, 1.82) is 0 Å². The van der Waals surface area contributed by atoms with E-state index in [1.165, 1.54) is 23.5 Å². The number of hydrogen-bond acceptors (Lipinski definition) is 3. The predicted octanol–water partition coefficient (Wildman–Crippen LogP) is 2.51. The fraction of sp³-hybridized carbons (Fsp3) is 0.357. The summed E-state index contributed by atoms with van der Waals surface area (Å²) in [4.78, 5) is 12.8. The Balaban J connectivity index is 1.80. The van der Waals surface area contributed by atoms with Gasteiger partial charge in [-0.3, -0.25) is 4.79 Å². The smallest absolute Gasteiger partial charge is 0.261 e. The van der Waals surface area contributed by atoms with E-state index in [4.69, 9.17) is 5.73 Å². The Hall–Kier alpha value is -1.46. The zero-order valence-electron chi connectivity index (χ0n) is 10.4. The molecular weight excluding hydrogens is 263 g/mol. The quantitative estimate of drug-likeness (QED) is 0.903. The first-order valence-corrected chi connectivity index (χ1v) is 7.19. The zero-order valence-corrected chi connectivity index (χ0v) is 11.2. The van der Waals surface area contributed by atoms with Crippen molar-refractivity contribution < 1.29 is 9.18 Å². The van der Waals surface area contributed by atoms with Gasteiger partial charge in [-0.25, -0.2) is 4.39 Å². The van der Waals surface area contributed by atoms with Gasteiger partial charge in [-0.15, -0.1) is 11.3 Å². The van der Waals surface area contributed by atoms with Crippen LogP contribution in [0.25, 0.3) is 10.1 Å². The molecule has 1 aromatic heterocycles. The first kappa shape index (κ1) is 12.6. The molecule has 3 N–H and O–H groups in total. The number of thiophene rings is 1. The predicted molar refractivity (Wildman–Crippen MR) is 74.8 cm³/mol. The van der Waals surface area contributed by atoms with Crippen LogP contribution in [-0.2, 0) is 0 Å². The number of fused-ring (bicyclic) bond motifs is 1. The largest absolute Gasteiger partial charge is 0.347 e. The van der Waals surface area contributed by atoms with Gasteiger partial charge >= 0.3 is 0 Å². The molecule has 1 aliphatic rings. The van der Waals surface area contributed by atoms with Crippen LogP contribution in [0, 0.1) is 11.7 Å². The van der Waals surface area contributed by atoms with Crippen LogP contribution in [0.1, 0.15) is 22.5 Å². The van der Waals surface area contributed by atoms with E-state index in [9.17, 15) is 9.18 Å². The molecule has 3 rings (SSSR count). The fourth-order valence-corrected chi connectivity index (χ4v) is 3.18. The lowest BCUT2D eigenvalue weighted by atomic mass is 10.2. The summed E-state index contributed by atoms with van der Waals surface area (Å²) in [7, 11) is 0. The van der Waals surface area contributed by atoms with Gasteiger partial charge in [-0.2, -0.15) is 0 Å². The van der Waals surface area contributed by atoms with E-state index in [0.29, 0.717) is 17.3 Å². The van der Waals surface area contributed by atoms with Crippen molar-refractivity contribution in [3.63, 3.8) is 0 Å². The Morgan fingerprint density at radius 2 is 2.26 bits per heavy atom. The van der Waals surface area contributed by atoms with Crippen LogP contribution < -0.4 is 11.1 Å². The third-order valence-corrected chi connectivity index (χ3v) is 4.58. The molecule has 0 aliphatic heterocycles. The maximum Gasteiger partial charge on any atom is 0.261 e. The molecule has 1 amide bonds. The average molecular weight is 278 g/mol. The van der Waals surface area contributed by atoms with Crippen LogP contribution in [0.4, 0.5) is 4.39 Å². The maximum atomic E-state index is 13.1. The molecule has 1 aliphatic carbocycles. The van der Waals surface area contributed by atoms with Gasteiger partial charge in [0.15, 0.2) is 0 Å². The molecule has 19 heavy (non-hydrogen) atoms. The van der Waals surface area contributed by atoms with E-state index >= 15 is 0 Å². The third kappa shape index (κ3) is 2.62. The minimum Gasteiger partial charge on any atom is -0.347 e. The van der Waals surface area contributed by atoms with Gasteiger partial charge < -0.3 is 11.1 Å². The standard InChI is InChI=1S/C14H15FN2OS/c15-10-3-4-12-9(5-10)6-13(19-12)14(18)17-11(7-16)8-1-2-8/h3-6,8,11H,1-2,7,16H2,(H,17,18). The molecular formula is C14H15FN2OS. The lowest BCUT2D eigenvalue weighted by Gasteiger charge is -2.14. The molecule has 0 radical (unpaired) electrons. The fourth-order valence-electron chi connectivity index (χ4n) is 2.23. The van der Waals surface area contributed by atoms with E-state index in [1.54, 1.807) is 12.1 Å². The van der Waals surface area contributed by atoms with Gasteiger partial charge in [0.2, 0.25) is 0 Å². The first-order valence-electron chi connectivity index (χ1n) is 6.37. The molecule has 0 saturated heterocycles. The summed E-state index contributed by atoms with van der Waals surface area (Å²) >= 11 is 1.38. The van der Waals surface area contributed by atoms with Gasteiger partial charge in [0.05, 0.1) is 4.88 Å². The summed E-state index contributed by atoms with van der Waals surface area (Å²) in [6.07, 6.45) is 2.28. The number of rotatable bonds is 4. The molecule has 1 fully saturated rings. The average Bonchev–Trinajstić information content (AvgIpc) is 3.15. The van der Waals surface area contributed by atoms with Crippen molar-refractivity contribution in [2.75, 3.05) is 6.54 Å². The first-order chi connectivity index (χ1) is 9.17. The number of hydrogen-bond donors (Lipinski definition) is 2. The van der Waals surface area contributed by atoms with Crippen LogP contribution in [0.15, 0.2) is 24.3 Å². The van der Waals surface area contributed by atoms with Gasteiger partial charge in [0.25, 0.3) is 5.91 Å². The molecule has 3 nitrogen and oxygen atoms in total. The highest BCUT2D eigenvalue weighted by Gasteiger charge is 2.31. The lowest BCUT2D eigenvalue weighted by Crippen LogP contribution is -2.41. The zero-order chi connectivity index (χ0) is 13.4. The molecule has 100 valence electrons. The van der Waals surface area contributed by atoms with Crippen molar-refractivity contribution in [2.24, 2.45) is 11.7 Å². The molecule has 1 unspecified atom stereocenters. The van der Waals surface area contributed by atoms with Crippen molar-refractivity contribution in [3.8, 4) is 0 Å². The Morgan fingerprint density at radius 3 is 2.95 bits per heavy atom. The molecule has 2 aromatic rings. The van der Waals surface area contributed by atoms with Crippen LogP contribution in [0.3, 0.4) is 0 Å². The van der Waals surface area contributed by atoms with Gasteiger partial charge in [-0.05, 0) is 48.4 Å². The van der Waals surface area contributed by atoms with Gasteiger partial charge in [0, 0.05) is 17.3 Å². The number of amides is 1. The molecule has 5 heteroatoms. The second-order valence-electron chi connectivity index (χ2n) is 4.95. The highest BCUT2D eigenvalue weighted by Crippen LogP contribution is 2.33. The SMILES string of the molecule is NCC(NC(=O)c1cc2cc(F)ccc2s1)C1CC1. The van der Waals surface area contributed by atoms with Crippen molar-refractivity contribution >= 4 is 27.3 Å². The van der Waals surface area contributed by atoms with Crippen molar-refractivity contribution in [3.05, 3.63) is 35.0 Å². The highest BCUT2D eigenvalue weighted by atomic mass is 32.1. The van der Waals surface area contributed by atoms with Crippen molar-refractivity contribution in [1.82, 2.24) is 5.32 Å². The number of carbonyl (C=O) groups excluding carboxylic acids is 1. The van der Waals surface area contributed by atoms with Crippen LogP contribution in [0.2, 0.25) is 0 Å². The summed E-state index contributed by atoms with van der Waals surface area (Å²) in [5.74, 6) is 0.139. The Labute approximate surface area is 114 Å². The molecule has 0 bridgehead atoms. The second-order valence-corrected chi connectivity index (χ2v) is 6.03. The molecule has 1 atom stereocenters. The van der Waals surface area contributed by atoms with E-state index in [-0.39, 0.29) is 17.8 Å². The molecule has 1 heterocycles. The summed E-state index contributed by atoms with van der Waals surface area (Å²) < 4.78 is 14.0. The molecule has 0 spiro atoms. The molecule has 1 aromatic carbocycles. The van der Waals surface area contributed by atoms with Crippen molar-refractivity contribution in [2.45, 2.75) is 18.9 Å². The van der Waals surface area contributed by atoms with E-state index in [1.807, 2.05) is 0 Å². The number of benzene rings is 1.